The maximum Gasteiger partial charge on any atom is 0.165 e. The number of hydrogen-bond donors (Lipinski definition) is 1. The first-order valence-electron chi connectivity index (χ1n) is 8.90. The van der Waals surface area contributed by atoms with E-state index in [0.717, 1.165) is 11.3 Å². The number of hydrogen-bond acceptors (Lipinski definition) is 5. The van der Waals surface area contributed by atoms with Crippen LogP contribution in [0.3, 0.4) is 0 Å². The highest BCUT2D eigenvalue weighted by atomic mass is 19.1. The largest absolute Gasteiger partial charge is 0.507 e. The third kappa shape index (κ3) is 3.36. The van der Waals surface area contributed by atoms with Crippen LogP contribution in [-0.4, -0.2) is 27.1 Å². The second kappa shape index (κ2) is 7.23. The topological polar surface area (TPSA) is 62.1 Å². The molecule has 4 rings (SSSR count). The number of phenolic OH excluding ortho intramolecular Hbond substituents is 1. The van der Waals surface area contributed by atoms with E-state index in [-0.39, 0.29) is 11.6 Å². The number of anilines is 1. The second-order valence-corrected chi connectivity index (χ2v) is 6.67. The van der Waals surface area contributed by atoms with Crippen LogP contribution in [0.5, 0.6) is 5.75 Å². The molecular formula is C22H19FN4O. The minimum absolute atomic E-state index is 0.0955. The summed E-state index contributed by atoms with van der Waals surface area (Å²) in [6, 6.07) is 15.2. The van der Waals surface area contributed by atoms with Crippen molar-refractivity contribution in [2.75, 3.05) is 11.9 Å². The maximum absolute atomic E-state index is 13.9. The first kappa shape index (κ1) is 17.9. The lowest BCUT2D eigenvalue weighted by Gasteiger charge is -2.21. The highest BCUT2D eigenvalue weighted by Crippen LogP contribution is 2.32. The van der Waals surface area contributed by atoms with Gasteiger partial charge in [-0.1, -0.05) is 18.2 Å². The molecule has 0 aliphatic rings. The lowest BCUT2D eigenvalue weighted by atomic mass is 10.1. The van der Waals surface area contributed by atoms with Gasteiger partial charge in [-0.3, -0.25) is 4.98 Å². The number of aryl methyl sites for hydroxylation is 1. The van der Waals surface area contributed by atoms with E-state index in [9.17, 15) is 9.50 Å². The average Bonchev–Trinajstić information content (AvgIpc) is 2.69. The van der Waals surface area contributed by atoms with E-state index < -0.39 is 0 Å². The van der Waals surface area contributed by atoms with E-state index in [1.54, 1.807) is 30.5 Å². The molecule has 0 radical (unpaired) electrons. The molecule has 2 aromatic heterocycles. The van der Waals surface area contributed by atoms with Gasteiger partial charge in [0.05, 0.1) is 23.3 Å². The lowest BCUT2D eigenvalue weighted by molar-refractivity contribution is 0.477. The van der Waals surface area contributed by atoms with Crippen LogP contribution < -0.4 is 4.90 Å². The highest BCUT2D eigenvalue weighted by molar-refractivity contribution is 5.91. The molecule has 0 aliphatic heterocycles. The van der Waals surface area contributed by atoms with Crippen molar-refractivity contribution in [2.45, 2.75) is 13.5 Å². The molecular weight excluding hydrogens is 355 g/mol. The summed E-state index contributed by atoms with van der Waals surface area (Å²) in [6.07, 6.45) is 1.75. The molecule has 0 saturated heterocycles. The van der Waals surface area contributed by atoms with Crippen LogP contribution in [0.15, 0.2) is 60.8 Å². The Morgan fingerprint density at radius 3 is 2.64 bits per heavy atom. The molecule has 5 nitrogen and oxygen atoms in total. The highest BCUT2D eigenvalue weighted by Gasteiger charge is 2.16. The molecule has 6 heteroatoms. The van der Waals surface area contributed by atoms with Crippen LogP contribution in [-0.2, 0) is 6.54 Å². The van der Waals surface area contributed by atoms with Crippen molar-refractivity contribution in [3.05, 3.63) is 77.9 Å². The SMILES string of the molecule is Cc1cccnc1CN(C)c1nc(-c2ccccc2O)nc2ccc(F)cc12. The predicted molar refractivity (Wildman–Crippen MR) is 108 cm³/mol. The fourth-order valence-electron chi connectivity index (χ4n) is 3.14. The fraction of sp³-hybridized carbons (Fsp3) is 0.136. The summed E-state index contributed by atoms with van der Waals surface area (Å²) in [5.74, 6) is 0.706. The number of aromatic hydroxyl groups is 1. The van der Waals surface area contributed by atoms with Crippen molar-refractivity contribution in [1.29, 1.82) is 0 Å². The fourth-order valence-corrected chi connectivity index (χ4v) is 3.14. The van der Waals surface area contributed by atoms with Gasteiger partial charge in [-0.2, -0.15) is 0 Å². The van der Waals surface area contributed by atoms with Gasteiger partial charge in [0, 0.05) is 18.6 Å². The molecule has 140 valence electrons. The van der Waals surface area contributed by atoms with Crippen LogP contribution in [0.4, 0.5) is 10.2 Å². The Balaban J connectivity index is 1.86. The molecule has 4 aromatic rings. The monoisotopic (exact) mass is 374 g/mol. The van der Waals surface area contributed by atoms with Gasteiger partial charge in [-0.05, 0) is 48.9 Å². The van der Waals surface area contributed by atoms with E-state index in [1.807, 2.05) is 37.1 Å². The van der Waals surface area contributed by atoms with E-state index in [4.69, 9.17) is 0 Å². The van der Waals surface area contributed by atoms with Crippen LogP contribution in [0, 0.1) is 12.7 Å². The molecule has 0 aliphatic carbocycles. The number of halogens is 1. The number of phenols is 1. The first-order chi connectivity index (χ1) is 13.5. The summed E-state index contributed by atoms with van der Waals surface area (Å²) in [5.41, 5.74) is 3.11. The molecule has 2 heterocycles. The zero-order valence-corrected chi connectivity index (χ0v) is 15.6. The third-order valence-electron chi connectivity index (χ3n) is 4.65. The van der Waals surface area contributed by atoms with Gasteiger partial charge in [0.15, 0.2) is 5.82 Å². The predicted octanol–water partition coefficient (Wildman–Crippen LogP) is 4.48. The van der Waals surface area contributed by atoms with Crippen molar-refractivity contribution in [1.82, 2.24) is 15.0 Å². The summed E-state index contributed by atoms with van der Waals surface area (Å²) in [6.45, 7) is 2.51. The Bertz CT molecular complexity index is 1160. The lowest BCUT2D eigenvalue weighted by Crippen LogP contribution is -2.20. The number of aromatic nitrogens is 3. The summed E-state index contributed by atoms with van der Waals surface area (Å²) in [5, 5.41) is 10.8. The normalized spacial score (nSPS) is 11.0. The summed E-state index contributed by atoms with van der Waals surface area (Å²) in [7, 11) is 1.88. The van der Waals surface area contributed by atoms with Crippen molar-refractivity contribution in [3.63, 3.8) is 0 Å². The van der Waals surface area contributed by atoms with Crippen LogP contribution in [0.25, 0.3) is 22.3 Å². The molecule has 1 N–H and O–H groups in total. The Labute approximate surface area is 162 Å². The Hall–Kier alpha value is -3.54. The van der Waals surface area contributed by atoms with Gasteiger partial charge < -0.3 is 10.0 Å². The molecule has 0 amide bonds. The van der Waals surface area contributed by atoms with Gasteiger partial charge in [-0.15, -0.1) is 0 Å². The first-order valence-corrected chi connectivity index (χ1v) is 8.90. The standard InChI is InChI=1S/C22H19FN4O/c1-14-6-5-11-24-19(14)13-27(2)22-17-12-15(23)9-10-18(17)25-21(26-22)16-7-3-4-8-20(16)28/h3-12,28H,13H2,1-2H3. The van der Waals surface area contributed by atoms with E-state index in [1.165, 1.54) is 12.1 Å². The Morgan fingerprint density at radius 2 is 1.86 bits per heavy atom. The molecule has 0 fully saturated rings. The van der Waals surface area contributed by atoms with Crippen molar-refractivity contribution in [3.8, 4) is 17.1 Å². The van der Waals surface area contributed by atoms with Crippen LogP contribution >= 0.6 is 0 Å². The van der Waals surface area contributed by atoms with Gasteiger partial charge in [0.25, 0.3) is 0 Å². The molecule has 0 unspecified atom stereocenters. The van der Waals surface area contributed by atoms with E-state index in [0.29, 0.717) is 34.7 Å². The van der Waals surface area contributed by atoms with E-state index >= 15 is 0 Å². The molecule has 0 bridgehead atoms. The number of benzene rings is 2. The zero-order valence-electron chi connectivity index (χ0n) is 15.6. The van der Waals surface area contributed by atoms with Crippen molar-refractivity contribution < 1.29 is 9.50 Å². The summed E-state index contributed by atoms with van der Waals surface area (Å²) in [4.78, 5) is 15.6. The quantitative estimate of drug-likeness (QED) is 0.571. The number of fused-ring (bicyclic) bond motifs is 1. The van der Waals surface area contributed by atoms with Gasteiger partial charge >= 0.3 is 0 Å². The molecule has 0 spiro atoms. The average molecular weight is 374 g/mol. The minimum Gasteiger partial charge on any atom is -0.507 e. The van der Waals surface area contributed by atoms with Crippen molar-refractivity contribution >= 4 is 16.7 Å². The Morgan fingerprint density at radius 1 is 1.04 bits per heavy atom. The summed E-state index contributed by atoms with van der Waals surface area (Å²) >= 11 is 0. The van der Waals surface area contributed by atoms with Gasteiger partial charge in [-0.25, -0.2) is 14.4 Å². The molecule has 0 atom stereocenters. The van der Waals surface area contributed by atoms with E-state index in [2.05, 4.69) is 15.0 Å². The number of nitrogens with zero attached hydrogens (tertiary/aromatic N) is 4. The minimum atomic E-state index is -0.352. The Kier molecular flexibility index (Phi) is 4.61. The molecule has 0 saturated carbocycles. The van der Waals surface area contributed by atoms with Gasteiger partial charge in [0.1, 0.15) is 17.4 Å². The van der Waals surface area contributed by atoms with Crippen LogP contribution in [0.1, 0.15) is 11.3 Å². The summed E-state index contributed by atoms with van der Waals surface area (Å²) < 4.78 is 13.9. The number of pyridine rings is 1. The van der Waals surface area contributed by atoms with Crippen molar-refractivity contribution in [2.24, 2.45) is 0 Å². The molecule has 28 heavy (non-hydrogen) atoms. The number of para-hydroxylation sites is 1. The molecule has 2 aromatic carbocycles. The number of rotatable bonds is 4. The maximum atomic E-state index is 13.9. The smallest absolute Gasteiger partial charge is 0.165 e. The second-order valence-electron chi connectivity index (χ2n) is 6.67. The van der Waals surface area contributed by atoms with Gasteiger partial charge in [0.2, 0.25) is 0 Å². The van der Waals surface area contributed by atoms with Crippen LogP contribution in [0.2, 0.25) is 0 Å². The zero-order chi connectivity index (χ0) is 19.7. The third-order valence-corrected chi connectivity index (χ3v) is 4.65.